The van der Waals surface area contributed by atoms with E-state index in [2.05, 4.69) is 30.6 Å². The number of aromatic nitrogens is 1. The number of aliphatic hydroxyl groups is 1. The van der Waals surface area contributed by atoms with Crippen molar-refractivity contribution in [1.29, 1.82) is 0 Å². The summed E-state index contributed by atoms with van der Waals surface area (Å²) in [6.45, 7) is 7.40. The highest BCUT2D eigenvalue weighted by molar-refractivity contribution is 6.33. The molecular weight excluding hydrogens is 403 g/mol. The molecule has 1 atom stereocenters. The van der Waals surface area contributed by atoms with Crippen LogP contribution in [0.25, 0.3) is 10.9 Å². The normalized spacial score (nSPS) is 14.8. The molecule has 168 valence electrons. The van der Waals surface area contributed by atoms with Crippen molar-refractivity contribution in [2.75, 3.05) is 13.2 Å². The lowest BCUT2D eigenvalue weighted by Crippen LogP contribution is -2.40. The molecule has 0 radical (unpaired) electrons. The first-order valence-corrected chi connectivity index (χ1v) is 11.2. The van der Waals surface area contributed by atoms with Crippen molar-refractivity contribution in [3.63, 3.8) is 0 Å². The topological polar surface area (TPSA) is 63.9 Å². The molecule has 0 saturated carbocycles. The summed E-state index contributed by atoms with van der Waals surface area (Å²) in [5, 5.41) is 11.9. The number of hydrogen-bond acceptors (Lipinski definition) is 4. The van der Waals surface area contributed by atoms with Gasteiger partial charge in [0, 0.05) is 35.1 Å². The third-order valence-corrected chi connectivity index (χ3v) is 5.64. The average molecular weight is 434 g/mol. The van der Waals surface area contributed by atoms with E-state index in [9.17, 15) is 9.90 Å². The highest BCUT2D eigenvalue weighted by Gasteiger charge is 2.30. The molecule has 1 amide bonds. The summed E-state index contributed by atoms with van der Waals surface area (Å²) in [6, 6.07) is 15.9. The van der Waals surface area contributed by atoms with Gasteiger partial charge in [-0.15, -0.1) is 0 Å². The van der Waals surface area contributed by atoms with E-state index < -0.39 is 11.7 Å². The maximum atomic E-state index is 12.7. The van der Waals surface area contributed by atoms with Gasteiger partial charge in [-0.05, 0) is 39.0 Å². The van der Waals surface area contributed by atoms with Crippen molar-refractivity contribution < 1.29 is 19.4 Å². The van der Waals surface area contributed by atoms with E-state index >= 15 is 0 Å². The molecule has 7 heteroatoms. The van der Waals surface area contributed by atoms with E-state index in [1.54, 1.807) is 4.90 Å². The monoisotopic (exact) mass is 434 g/mol. The fraction of sp³-hybridized carbons (Fsp3) is 0.400. The van der Waals surface area contributed by atoms with Crippen LogP contribution < -0.4 is 10.2 Å². The summed E-state index contributed by atoms with van der Waals surface area (Å²) in [4.78, 5) is 14.4. The van der Waals surface area contributed by atoms with E-state index in [4.69, 9.17) is 9.47 Å². The molecule has 0 aliphatic carbocycles. The number of benzene rings is 2. The molecule has 0 spiro atoms. The Kier molecular flexibility index (Phi) is 6.20. The van der Waals surface area contributed by atoms with Crippen molar-refractivity contribution >= 4 is 30.3 Å². The van der Waals surface area contributed by atoms with E-state index in [1.165, 1.54) is 11.2 Å². The quantitative estimate of drug-likeness (QED) is 0.628. The lowest BCUT2D eigenvalue weighted by molar-refractivity contribution is 0.0222. The lowest BCUT2D eigenvalue weighted by Gasteiger charge is -2.31. The van der Waals surface area contributed by atoms with Crippen molar-refractivity contribution in [2.45, 2.75) is 52.0 Å². The van der Waals surface area contributed by atoms with Crippen LogP contribution in [0.5, 0.6) is 5.75 Å². The van der Waals surface area contributed by atoms with Crippen LogP contribution in [0.15, 0.2) is 48.5 Å². The number of nitrogens with zero attached hydrogens (tertiary/aromatic N) is 2. The highest BCUT2D eigenvalue weighted by atomic mass is 16.6. The average Bonchev–Trinajstić information content (AvgIpc) is 3.04. The van der Waals surface area contributed by atoms with Crippen LogP contribution in [-0.2, 0) is 24.2 Å². The first-order chi connectivity index (χ1) is 15.2. The Bertz CT molecular complexity index is 1100. The molecule has 1 N–H and O–H groups in total. The third-order valence-electron chi connectivity index (χ3n) is 5.64. The summed E-state index contributed by atoms with van der Waals surface area (Å²) in [6.07, 6.45) is -0.220. The standard InChI is InChI=1S/C25H31BN2O4/c1-25(2,3)32-24(30)27-12-11-23-21(15-27)20-13-17(26)9-10-22(20)28(23)14-18(29)16-31-19-7-5-4-6-8-19/h4-10,13,18,29H,11-12,14-16,26H2,1-3H3. The van der Waals surface area contributed by atoms with E-state index in [0.717, 1.165) is 22.2 Å². The van der Waals surface area contributed by atoms with Gasteiger partial charge < -0.3 is 24.0 Å². The van der Waals surface area contributed by atoms with Gasteiger partial charge in [0.2, 0.25) is 0 Å². The zero-order chi connectivity index (χ0) is 22.9. The Labute approximate surface area is 190 Å². The van der Waals surface area contributed by atoms with Crippen molar-refractivity contribution in [2.24, 2.45) is 0 Å². The Morgan fingerprint density at radius 2 is 1.94 bits per heavy atom. The van der Waals surface area contributed by atoms with Gasteiger partial charge in [-0.2, -0.15) is 0 Å². The van der Waals surface area contributed by atoms with Gasteiger partial charge in [0.05, 0.1) is 13.1 Å². The second-order valence-corrected chi connectivity index (χ2v) is 9.49. The number of aliphatic hydroxyl groups excluding tert-OH is 1. The number of para-hydroxylation sites is 1. The van der Waals surface area contributed by atoms with Crippen molar-refractivity contribution in [3.8, 4) is 5.75 Å². The van der Waals surface area contributed by atoms with Crippen LogP contribution in [0.1, 0.15) is 32.0 Å². The number of amides is 1. The largest absolute Gasteiger partial charge is 0.491 e. The summed E-state index contributed by atoms with van der Waals surface area (Å²) in [5.74, 6) is 0.745. The minimum Gasteiger partial charge on any atom is -0.491 e. The van der Waals surface area contributed by atoms with Crippen LogP contribution >= 0.6 is 0 Å². The van der Waals surface area contributed by atoms with Gasteiger partial charge in [0.25, 0.3) is 0 Å². The highest BCUT2D eigenvalue weighted by Crippen LogP contribution is 2.31. The smallest absolute Gasteiger partial charge is 0.410 e. The fourth-order valence-electron chi connectivity index (χ4n) is 4.23. The zero-order valence-corrected chi connectivity index (χ0v) is 19.3. The minimum absolute atomic E-state index is 0.217. The molecule has 3 aromatic rings. The number of carbonyl (C=O) groups is 1. The molecule has 1 unspecified atom stereocenters. The molecule has 1 aliphatic rings. The molecule has 2 heterocycles. The maximum Gasteiger partial charge on any atom is 0.410 e. The third kappa shape index (κ3) is 4.94. The Hall–Kier alpha value is -2.93. The fourth-order valence-corrected chi connectivity index (χ4v) is 4.23. The van der Waals surface area contributed by atoms with E-state index in [0.29, 0.717) is 26.1 Å². The Morgan fingerprint density at radius 1 is 1.19 bits per heavy atom. The number of ether oxygens (including phenoxy) is 2. The number of carbonyl (C=O) groups excluding carboxylic acids is 1. The first-order valence-electron chi connectivity index (χ1n) is 11.2. The number of hydrogen-bond donors (Lipinski definition) is 1. The second-order valence-electron chi connectivity index (χ2n) is 9.49. The van der Waals surface area contributed by atoms with Gasteiger partial charge >= 0.3 is 6.09 Å². The van der Waals surface area contributed by atoms with Gasteiger partial charge in [-0.25, -0.2) is 4.79 Å². The molecule has 1 aliphatic heterocycles. The predicted molar refractivity (Wildman–Crippen MR) is 128 cm³/mol. The molecule has 0 fully saturated rings. The van der Waals surface area contributed by atoms with Gasteiger partial charge in [0.1, 0.15) is 31.9 Å². The van der Waals surface area contributed by atoms with Crippen LogP contribution in [0.3, 0.4) is 0 Å². The van der Waals surface area contributed by atoms with E-state index in [-0.39, 0.29) is 12.7 Å². The van der Waals surface area contributed by atoms with Crippen LogP contribution in [-0.4, -0.2) is 53.4 Å². The molecule has 2 aromatic carbocycles. The number of fused-ring (bicyclic) bond motifs is 3. The Morgan fingerprint density at radius 3 is 2.66 bits per heavy atom. The molecule has 6 nitrogen and oxygen atoms in total. The molecular formula is C25H31BN2O4. The van der Waals surface area contributed by atoms with Gasteiger partial charge in [-0.3, -0.25) is 0 Å². The SMILES string of the molecule is Bc1ccc2c(c1)c1c(n2CC(O)COc2ccccc2)CCN(C(=O)OC(C)(C)C)C1. The van der Waals surface area contributed by atoms with Gasteiger partial charge in [0.15, 0.2) is 0 Å². The summed E-state index contributed by atoms with van der Waals surface area (Å²) in [7, 11) is 2.07. The van der Waals surface area contributed by atoms with Crippen molar-refractivity contribution in [3.05, 3.63) is 59.8 Å². The van der Waals surface area contributed by atoms with Crippen LogP contribution in [0, 0.1) is 0 Å². The molecule has 0 bridgehead atoms. The Balaban J connectivity index is 1.57. The molecule has 32 heavy (non-hydrogen) atoms. The van der Waals surface area contributed by atoms with E-state index in [1.807, 2.05) is 51.1 Å². The summed E-state index contributed by atoms with van der Waals surface area (Å²) in [5.41, 5.74) is 4.02. The predicted octanol–water partition coefficient (Wildman–Crippen LogP) is 2.63. The van der Waals surface area contributed by atoms with Crippen LogP contribution in [0.2, 0.25) is 0 Å². The minimum atomic E-state index is -0.653. The first kappa shape index (κ1) is 22.3. The molecule has 0 saturated heterocycles. The zero-order valence-electron chi connectivity index (χ0n) is 19.3. The molecule has 4 rings (SSSR count). The second kappa shape index (κ2) is 8.90. The lowest BCUT2D eigenvalue weighted by atomic mass is 9.93. The van der Waals surface area contributed by atoms with Crippen molar-refractivity contribution in [1.82, 2.24) is 9.47 Å². The molecule has 1 aromatic heterocycles. The maximum absolute atomic E-state index is 12.7. The number of rotatable bonds is 5. The summed E-state index contributed by atoms with van der Waals surface area (Å²) >= 11 is 0. The van der Waals surface area contributed by atoms with Crippen LogP contribution in [0.4, 0.5) is 4.79 Å². The summed E-state index contributed by atoms with van der Waals surface area (Å²) < 4.78 is 13.5. The van der Waals surface area contributed by atoms with Gasteiger partial charge in [-0.1, -0.05) is 35.8 Å².